The Kier molecular flexibility index (Phi) is 17.7. The third-order valence-electron chi connectivity index (χ3n) is 12.3. The number of halogens is 3. The topological polar surface area (TPSA) is 275 Å². The first kappa shape index (κ1) is 53.6. The fraction of sp³-hybridized carbons (Fsp3) is 0.392. The van der Waals surface area contributed by atoms with Crippen LogP contribution in [0.2, 0.25) is 0 Å². The van der Waals surface area contributed by atoms with Gasteiger partial charge in [0, 0.05) is 74.3 Å². The molecule has 0 radical (unpaired) electrons. The fourth-order valence-electron chi connectivity index (χ4n) is 8.48. The molecule has 2 aliphatic rings. The SMILES string of the molecule is CC(C)[C@H](NC(=O)CCCCCN1C(=O)C=CC1=O)C(=O)N[C@@H](CCCNC(N)=O)C(=O)Nc1ccc(COC(=O)NCCc2cnc3ccc(-c4c(-c5cccc(C(F)(F)F)n5)nn5c4CCC5)cc3n2)cc1. The maximum atomic E-state index is 13.6. The van der Waals surface area contributed by atoms with Gasteiger partial charge in [0.2, 0.25) is 17.7 Å². The molecule has 20 nitrogen and oxygen atoms in total. The summed E-state index contributed by atoms with van der Waals surface area (Å²) in [7, 11) is 0. The lowest BCUT2D eigenvalue weighted by molar-refractivity contribution is -0.141. The average Bonchev–Trinajstić information content (AvgIpc) is 4.07. The molecule has 5 aromatic rings. The number of carbonyl (C=O) groups is 7. The highest BCUT2D eigenvalue weighted by atomic mass is 19.4. The Morgan fingerprint density at radius 2 is 1.62 bits per heavy atom. The third-order valence-corrected chi connectivity index (χ3v) is 12.3. The molecule has 0 unspecified atom stereocenters. The third kappa shape index (κ3) is 14.2. The highest BCUT2D eigenvalue weighted by Crippen LogP contribution is 2.39. The van der Waals surface area contributed by atoms with Crippen LogP contribution < -0.4 is 32.3 Å². The first-order chi connectivity index (χ1) is 35.4. The maximum Gasteiger partial charge on any atom is 0.433 e. The van der Waals surface area contributed by atoms with Crippen molar-refractivity contribution in [2.45, 2.75) is 103 Å². The van der Waals surface area contributed by atoms with Gasteiger partial charge in [0.25, 0.3) is 11.8 Å². The molecule has 23 heteroatoms. The molecule has 390 valence electrons. The Balaban J connectivity index is 0.885. The van der Waals surface area contributed by atoms with Crippen molar-refractivity contribution < 1.29 is 51.5 Å². The lowest BCUT2D eigenvalue weighted by Gasteiger charge is -2.25. The van der Waals surface area contributed by atoms with Crippen LogP contribution in [0.15, 0.2) is 79.0 Å². The van der Waals surface area contributed by atoms with Gasteiger partial charge in [0.15, 0.2) is 0 Å². The number of anilines is 1. The molecule has 8 amide bonds. The van der Waals surface area contributed by atoms with Crippen LogP contribution in [-0.4, -0.2) is 103 Å². The molecule has 5 heterocycles. The molecule has 2 aliphatic heterocycles. The molecule has 0 saturated carbocycles. The number of alkyl halides is 3. The molecular weight excluding hydrogens is 966 g/mol. The van der Waals surface area contributed by atoms with Crippen LogP contribution in [0.1, 0.15) is 81.4 Å². The lowest BCUT2D eigenvalue weighted by Crippen LogP contribution is -2.54. The summed E-state index contributed by atoms with van der Waals surface area (Å²) in [6.07, 6.45) is 2.65. The number of primary amides is 1. The second kappa shape index (κ2) is 24.5. The number of pyridine rings is 1. The normalized spacial score (nSPS) is 13.9. The van der Waals surface area contributed by atoms with E-state index in [9.17, 15) is 46.7 Å². The van der Waals surface area contributed by atoms with Gasteiger partial charge in [-0.05, 0) is 92.0 Å². The van der Waals surface area contributed by atoms with Gasteiger partial charge >= 0.3 is 18.3 Å². The van der Waals surface area contributed by atoms with Crippen LogP contribution in [0.5, 0.6) is 0 Å². The number of ether oxygens (including phenoxy) is 1. The number of nitrogens with zero attached hydrogens (tertiary/aromatic N) is 6. The first-order valence-corrected chi connectivity index (χ1v) is 24.3. The number of rotatable bonds is 23. The summed E-state index contributed by atoms with van der Waals surface area (Å²) in [5.74, 6) is -2.59. The molecular formula is C51H57F3N12O8. The van der Waals surface area contributed by atoms with Crippen LogP contribution in [0.3, 0.4) is 0 Å². The highest BCUT2D eigenvalue weighted by Gasteiger charge is 2.34. The van der Waals surface area contributed by atoms with Gasteiger partial charge in [-0.1, -0.05) is 44.5 Å². The van der Waals surface area contributed by atoms with Gasteiger partial charge in [-0.3, -0.25) is 38.5 Å². The van der Waals surface area contributed by atoms with E-state index in [4.69, 9.17) is 15.5 Å². The van der Waals surface area contributed by atoms with Crippen LogP contribution in [0, 0.1) is 5.92 Å². The molecule has 2 atom stereocenters. The minimum absolute atomic E-state index is 0.0958. The highest BCUT2D eigenvalue weighted by molar-refractivity contribution is 6.12. The van der Waals surface area contributed by atoms with Gasteiger partial charge in [0.1, 0.15) is 30.1 Å². The predicted octanol–water partition coefficient (Wildman–Crippen LogP) is 5.49. The minimum atomic E-state index is -4.61. The summed E-state index contributed by atoms with van der Waals surface area (Å²) < 4.78 is 48.0. The molecule has 2 aromatic carbocycles. The van der Waals surface area contributed by atoms with Gasteiger partial charge in [-0.15, -0.1) is 0 Å². The largest absolute Gasteiger partial charge is 0.445 e. The smallest absolute Gasteiger partial charge is 0.433 e. The first-order valence-electron chi connectivity index (χ1n) is 24.3. The second-order valence-corrected chi connectivity index (χ2v) is 18.2. The number of nitrogens with two attached hydrogens (primary N) is 1. The summed E-state index contributed by atoms with van der Waals surface area (Å²) in [4.78, 5) is 102. The zero-order valence-electron chi connectivity index (χ0n) is 40.8. The molecule has 0 spiro atoms. The van der Waals surface area contributed by atoms with E-state index in [2.05, 4.69) is 41.7 Å². The summed E-state index contributed by atoms with van der Waals surface area (Å²) >= 11 is 0. The number of urea groups is 1. The van der Waals surface area contributed by atoms with Crippen LogP contribution in [-0.2, 0) is 60.9 Å². The van der Waals surface area contributed by atoms with Gasteiger partial charge in [-0.25, -0.2) is 19.6 Å². The summed E-state index contributed by atoms with van der Waals surface area (Å²) in [5, 5.41) is 18.1. The summed E-state index contributed by atoms with van der Waals surface area (Å²) in [5.41, 5.74) is 9.70. The molecule has 0 bridgehead atoms. The summed E-state index contributed by atoms with van der Waals surface area (Å²) in [6, 6.07) is 12.9. The van der Waals surface area contributed by atoms with E-state index in [1.165, 1.54) is 24.3 Å². The molecule has 3 aromatic heterocycles. The standard InChI is InChI=1S/C51H57F3N12O8/c1-30(2)45(63-41(67)13-4-3-5-25-65-42(68)20-21-43(65)69)48(71)62-37(10-7-23-56-49(55)72)47(70)60-33-17-14-31(15-18-33)29-74-50(73)57-24-22-34-28-58-35-19-16-32(27-38(35)59-34)44-39-11-8-26-66(39)64-46(44)36-9-6-12-40(61-36)51(52,53)54/h6,9,12,14-21,27-28,30,37,45H,3-5,7-8,10-11,13,22-26,29H2,1-2H3,(H,57,73)(H,60,70)(H,62,71)(H,63,67)(H3,55,56,72)/t37-,45-/m0/s1. The Morgan fingerprint density at radius 1 is 0.851 bits per heavy atom. The molecule has 0 saturated heterocycles. The minimum Gasteiger partial charge on any atom is -0.445 e. The van der Waals surface area contributed by atoms with Crippen LogP contribution in [0.25, 0.3) is 33.5 Å². The van der Waals surface area contributed by atoms with Gasteiger partial charge < -0.3 is 37.1 Å². The maximum absolute atomic E-state index is 13.6. The molecule has 7 rings (SSSR count). The average molecular weight is 1020 g/mol. The van der Waals surface area contributed by atoms with Crippen LogP contribution >= 0.6 is 0 Å². The van der Waals surface area contributed by atoms with E-state index in [-0.39, 0.29) is 74.8 Å². The number of aromatic nitrogens is 5. The fourth-order valence-corrected chi connectivity index (χ4v) is 8.48. The number of imide groups is 1. The quantitative estimate of drug-likeness (QED) is 0.0350. The number of alkyl carbamates (subject to hydrolysis) is 1. The number of unbranched alkanes of at least 4 members (excludes halogenated alkanes) is 2. The number of hydrogen-bond donors (Lipinski definition) is 6. The second-order valence-electron chi connectivity index (χ2n) is 18.2. The number of carbonyl (C=O) groups excluding carboxylic acids is 7. The molecule has 74 heavy (non-hydrogen) atoms. The number of amides is 8. The Morgan fingerprint density at radius 3 is 2.35 bits per heavy atom. The van der Waals surface area contributed by atoms with Crippen molar-refractivity contribution in [3.63, 3.8) is 0 Å². The van der Waals surface area contributed by atoms with E-state index in [1.807, 2.05) is 16.8 Å². The number of benzene rings is 2. The van der Waals surface area contributed by atoms with E-state index in [0.717, 1.165) is 23.1 Å². The predicted molar refractivity (Wildman–Crippen MR) is 264 cm³/mol. The number of fused-ring (bicyclic) bond motifs is 2. The number of aryl methyl sites for hydroxylation is 1. The van der Waals surface area contributed by atoms with Crippen molar-refractivity contribution in [3.05, 3.63) is 102 Å². The lowest BCUT2D eigenvalue weighted by atomic mass is 9.99. The number of nitrogens with one attached hydrogen (secondary N) is 5. The van der Waals surface area contributed by atoms with Crippen molar-refractivity contribution in [2.24, 2.45) is 11.7 Å². The van der Waals surface area contributed by atoms with E-state index < -0.39 is 47.9 Å². The van der Waals surface area contributed by atoms with E-state index in [1.54, 1.807) is 50.4 Å². The molecule has 0 fully saturated rings. The molecule has 0 aliphatic carbocycles. The van der Waals surface area contributed by atoms with Crippen molar-refractivity contribution in [2.75, 3.05) is 25.0 Å². The van der Waals surface area contributed by atoms with Crippen molar-refractivity contribution in [3.8, 4) is 22.5 Å². The van der Waals surface area contributed by atoms with Crippen LogP contribution in [0.4, 0.5) is 28.4 Å². The monoisotopic (exact) mass is 1020 g/mol. The molecule has 7 N–H and O–H groups in total. The summed E-state index contributed by atoms with van der Waals surface area (Å²) in [6.45, 7) is 4.60. The Hall–Kier alpha value is -8.24. The van der Waals surface area contributed by atoms with E-state index >= 15 is 0 Å². The zero-order chi connectivity index (χ0) is 52.9. The van der Waals surface area contributed by atoms with E-state index in [0.29, 0.717) is 83.4 Å². The number of hydrogen-bond acceptors (Lipinski definition) is 12. The van der Waals surface area contributed by atoms with Crippen molar-refractivity contribution in [1.82, 2.24) is 50.9 Å². The van der Waals surface area contributed by atoms with Gasteiger partial charge in [-0.2, -0.15) is 18.3 Å². The zero-order valence-corrected chi connectivity index (χ0v) is 40.8. The Bertz CT molecular complexity index is 2910. The van der Waals surface area contributed by atoms with Gasteiger partial charge in [0.05, 0.1) is 22.4 Å². The van der Waals surface area contributed by atoms with Crippen molar-refractivity contribution >= 4 is 58.4 Å². The Labute approximate surface area is 423 Å². The van der Waals surface area contributed by atoms with Crippen molar-refractivity contribution in [1.29, 1.82) is 0 Å².